The molecule has 7 heteroatoms. The molecule has 0 aliphatic carbocycles. The molecule has 0 bridgehead atoms. The van der Waals surface area contributed by atoms with Crippen molar-refractivity contribution in [2.24, 2.45) is 0 Å². The zero-order valence-corrected chi connectivity index (χ0v) is 17.0. The van der Waals surface area contributed by atoms with Gasteiger partial charge in [-0.1, -0.05) is 75.6 Å². The monoisotopic (exact) mass is 404 g/mol. The van der Waals surface area contributed by atoms with Crippen LogP contribution in [-0.2, 0) is 4.74 Å². The van der Waals surface area contributed by atoms with Crippen molar-refractivity contribution < 1.29 is 9.53 Å². The van der Waals surface area contributed by atoms with Crippen LogP contribution in [0.3, 0.4) is 0 Å². The number of ether oxygens (including phenoxy) is 1. The SMILES string of the molecule is C=C/C=C(\C=C)C(OC(=O)c1cnc(-n2cccn2)[nH]c1=O)c1ccccc1.CC. The molecule has 0 spiro atoms. The number of hydrogen-bond acceptors (Lipinski definition) is 5. The van der Waals surface area contributed by atoms with Crippen LogP contribution >= 0.6 is 0 Å². The van der Waals surface area contributed by atoms with Crippen LogP contribution in [0.2, 0.25) is 0 Å². The van der Waals surface area contributed by atoms with Gasteiger partial charge in [0, 0.05) is 12.4 Å². The highest BCUT2D eigenvalue weighted by molar-refractivity contribution is 5.89. The predicted octanol–water partition coefficient (Wildman–Crippen LogP) is 4.18. The average Bonchev–Trinajstić information content (AvgIpc) is 3.33. The van der Waals surface area contributed by atoms with Gasteiger partial charge in [-0.2, -0.15) is 5.10 Å². The molecule has 1 N–H and O–H groups in total. The standard InChI is InChI=1S/C21H18N4O3.C2H6/c1-3-9-15(4-2)18(16-10-6-5-7-11-16)28-20(27)17-14-22-21(24-19(17)26)25-13-8-12-23-25;1-2/h3-14,18H,1-2H2,(H,22,24,26);1-2H3/b15-9+;. The number of aromatic amines is 1. The number of aromatic nitrogens is 4. The van der Waals surface area contributed by atoms with Gasteiger partial charge in [0.25, 0.3) is 5.56 Å². The lowest BCUT2D eigenvalue weighted by Gasteiger charge is -2.19. The van der Waals surface area contributed by atoms with Crippen molar-refractivity contribution in [3.05, 3.63) is 113 Å². The maximum Gasteiger partial charge on any atom is 0.346 e. The summed E-state index contributed by atoms with van der Waals surface area (Å²) >= 11 is 0. The molecule has 0 saturated carbocycles. The molecule has 7 nitrogen and oxygen atoms in total. The summed E-state index contributed by atoms with van der Waals surface area (Å²) < 4.78 is 7.01. The van der Waals surface area contributed by atoms with E-state index in [0.717, 1.165) is 5.56 Å². The van der Waals surface area contributed by atoms with Gasteiger partial charge in [0.05, 0.1) is 6.20 Å². The van der Waals surface area contributed by atoms with Crippen LogP contribution < -0.4 is 5.56 Å². The molecule has 1 unspecified atom stereocenters. The van der Waals surface area contributed by atoms with E-state index in [9.17, 15) is 9.59 Å². The molecule has 3 aromatic rings. The van der Waals surface area contributed by atoms with Gasteiger partial charge >= 0.3 is 5.97 Å². The summed E-state index contributed by atoms with van der Waals surface area (Å²) in [5.74, 6) is -0.601. The maximum atomic E-state index is 12.7. The molecular weight excluding hydrogens is 380 g/mol. The van der Waals surface area contributed by atoms with Crippen LogP contribution in [0.15, 0.2) is 96.7 Å². The first-order valence-corrected chi connectivity index (χ1v) is 9.44. The Bertz CT molecular complexity index is 1070. The Hall–Kier alpha value is -4.00. The Morgan fingerprint density at radius 3 is 2.50 bits per heavy atom. The summed E-state index contributed by atoms with van der Waals surface area (Å²) in [5.41, 5.74) is 0.539. The number of benzene rings is 1. The molecule has 30 heavy (non-hydrogen) atoms. The summed E-state index contributed by atoms with van der Waals surface area (Å²) in [4.78, 5) is 31.7. The minimum atomic E-state index is -0.800. The van der Waals surface area contributed by atoms with Gasteiger partial charge in [0.2, 0.25) is 5.95 Å². The van der Waals surface area contributed by atoms with Gasteiger partial charge in [-0.3, -0.25) is 9.78 Å². The van der Waals surface area contributed by atoms with Crippen LogP contribution in [0.4, 0.5) is 0 Å². The quantitative estimate of drug-likeness (QED) is 0.471. The number of nitrogens with one attached hydrogen (secondary N) is 1. The van der Waals surface area contributed by atoms with Gasteiger partial charge in [0.15, 0.2) is 6.10 Å². The first kappa shape index (κ1) is 22.3. The average molecular weight is 404 g/mol. The number of rotatable bonds is 7. The fourth-order valence-corrected chi connectivity index (χ4v) is 2.57. The summed E-state index contributed by atoms with van der Waals surface area (Å²) in [6, 6.07) is 10.9. The highest BCUT2D eigenvalue weighted by Crippen LogP contribution is 2.27. The number of nitrogens with zero attached hydrogens (tertiary/aromatic N) is 3. The molecule has 0 radical (unpaired) electrons. The first-order chi connectivity index (χ1) is 14.6. The van der Waals surface area contributed by atoms with Gasteiger partial charge in [-0.25, -0.2) is 14.5 Å². The minimum Gasteiger partial charge on any atom is -0.449 e. The lowest BCUT2D eigenvalue weighted by Crippen LogP contribution is -2.24. The third-order valence-electron chi connectivity index (χ3n) is 3.90. The molecular formula is C23H24N4O3. The third-order valence-corrected chi connectivity index (χ3v) is 3.90. The second kappa shape index (κ2) is 11.1. The third kappa shape index (κ3) is 5.29. The number of carbonyl (C=O) groups excluding carboxylic acids is 1. The number of allylic oxidation sites excluding steroid dienone is 2. The molecule has 3 rings (SSSR count). The lowest BCUT2D eigenvalue weighted by molar-refractivity contribution is 0.0374. The topological polar surface area (TPSA) is 89.9 Å². The Labute approximate surface area is 175 Å². The van der Waals surface area contributed by atoms with E-state index in [-0.39, 0.29) is 11.5 Å². The number of H-pyrrole nitrogens is 1. The molecule has 0 saturated heterocycles. The van der Waals surface area contributed by atoms with E-state index >= 15 is 0 Å². The fraction of sp³-hybridized carbons (Fsp3) is 0.130. The molecule has 1 aromatic carbocycles. The predicted molar refractivity (Wildman–Crippen MR) is 116 cm³/mol. The highest BCUT2D eigenvalue weighted by Gasteiger charge is 2.22. The zero-order valence-electron chi connectivity index (χ0n) is 17.0. The maximum absolute atomic E-state index is 12.7. The van der Waals surface area contributed by atoms with Crippen molar-refractivity contribution in [2.75, 3.05) is 0 Å². The van der Waals surface area contributed by atoms with Crippen molar-refractivity contribution in [1.82, 2.24) is 19.7 Å². The summed E-state index contributed by atoms with van der Waals surface area (Å²) in [5, 5.41) is 3.98. The fourth-order valence-electron chi connectivity index (χ4n) is 2.57. The summed E-state index contributed by atoms with van der Waals surface area (Å²) in [6.45, 7) is 11.4. The van der Waals surface area contributed by atoms with E-state index < -0.39 is 17.6 Å². The number of esters is 1. The largest absolute Gasteiger partial charge is 0.449 e. The Morgan fingerprint density at radius 1 is 1.20 bits per heavy atom. The minimum absolute atomic E-state index is 0.199. The van der Waals surface area contributed by atoms with Crippen molar-refractivity contribution in [2.45, 2.75) is 20.0 Å². The number of carbonyl (C=O) groups is 1. The van der Waals surface area contributed by atoms with E-state index in [4.69, 9.17) is 4.74 Å². The van der Waals surface area contributed by atoms with E-state index in [2.05, 4.69) is 28.2 Å². The molecule has 0 amide bonds. The zero-order chi connectivity index (χ0) is 21.9. The molecule has 2 heterocycles. The van der Waals surface area contributed by atoms with Gasteiger partial charge in [0.1, 0.15) is 5.56 Å². The van der Waals surface area contributed by atoms with Crippen LogP contribution in [0.25, 0.3) is 5.95 Å². The van der Waals surface area contributed by atoms with Crippen molar-refractivity contribution in [1.29, 1.82) is 0 Å². The Morgan fingerprint density at radius 2 is 1.93 bits per heavy atom. The molecule has 0 fully saturated rings. The van der Waals surface area contributed by atoms with Crippen LogP contribution in [0.5, 0.6) is 0 Å². The molecule has 1 atom stereocenters. The number of hydrogen-bond donors (Lipinski definition) is 1. The van der Waals surface area contributed by atoms with Crippen molar-refractivity contribution >= 4 is 5.97 Å². The van der Waals surface area contributed by atoms with Crippen LogP contribution in [-0.4, -0.2) is 25.7 Å². The summed E-state index contributed by atoms with van der Waals surface area (Å²) in [7, 11) is 0. The highest BCUT2D eigenvalue weighted by atomic mass is 16.5. The normalized spacial score (nSPS) is 11.6. The van der Waals surface area contributed by atoms with Crippen molar-refractivity contribution in [3.63, 3.8) is 0 Å². The van der Waals surface area contributed by atoms with E-state index in [1.54, 1.807) is 36.7 Å². The van der Waals surface area contributed by atoms with Crippen molar-refractivity contribution in [3.8, 4) is 5.95 Å². The summed E-state index contributed by atoms with van der Waals surface area (Å²) in [6.07, 6.45) is 8.46. The van der Waals surface area contributed by atoms with Crippen LogP contribution in [0.1, 0.15) is 35.9 Å². The van der Waals surface area contributed by atoms with E-state index in [0.29, 0.717) is 5.57 Å². The second-order valence-electron chi connectivity index (χ2n) is 5.70. The van der Waals surface area contributed by atoms with E-state index in [1.165, 1.54) is 10.9 Å². The first-order valence-electron chi connectivity index (χ1n) is 9.44. The van der Waals surface area contributed by atoms with Gasteiger partial charge in [-0.05, 0) is 17.2 Å². The molecule has 0 aliphatic rings. The molecule has 0 aliphatic heterocycles. The lowest BCUT2D eigenvalue weighted by atomic mass is 10.0. The smallest absolute Gasteiger partial charge is 0.346 e. The molecule has 154 valence electrons. The van der Waals surface area contributed by atoms with Gasteiger partial charge < -0.3 is 4.74 Å². The Kier molecular flexibility index (Phi) is 8.26. The second-order valence-corrected chi connectivity index (χ2v) is 5.70. The van der Waals surface area contributed by atoms with Crippen LogP contribution in [0, 0.1) is 0 Å². The van der Waals surface area contributed by atoms with Gasteiger partial charge in [-0.15, -0.1) is 0 Å². The molecule has 2 aromatic heterocycles. The van der Waals surface area contributed by atoms with E-state index in [1.807, 2.05) is 44.2 Å². The Balaban J connectivity index is 0.00000155.